The second kappa shape index (κ2) is 5.86. The van der Waals surface area contributed by atoms with Crippen LogP contribution >= 0.6 is 0 Å². The molecule has 0 saturated carbocycles. The average Bonchev–Trinajstić information content (AvgIpc) is 2.41. The summed E-state index contributed by atoms with van der Waals surface area (Å²) < 4.78 is 6.92. The lowest BCUT2D eigenvalue weighted by atomic mass is 10.2. The normalized spacial score (nSPS) is 10.1. The van der Waals surface area contributed by atoms with Crippen LogP contribution in [0.3, 0.4) is 0 Å². The highest BCUT2D eigenvalue weighted by molar-refractivity contribution is 5.90. The molecule has 98 valence electrons. The van der Waals surface area contributed by atoms with Gasteiger partial charge in [-0.25, -0.2) is 4.79 Å². The average molecular weight is 259 g/mol. The number of pyridine rings is 1. The minimum atomic E-state index is -1.03. The van der Waals surface area contributed by atoms with Crippen LogP contribution in [0.5, 0.6) is 5.75 Å². The summed E-state index contributed by atoms with van der Waals surface area (Å²) in [5, 5.41) is 8.99. The summed E-state index contributed by atoms with van der Waals surface area (Å²) in [4.78, 5) is 22.4. The van der Waals surface area contributed by atoms with E-state index in [0.29, 0.717) is 12.3 Å². The van der Waals surface area contributed by atoms with Crippen LogP contribution in [0.15, 0.2) is 53.5 Å². The Labute approximate surface area is 109 Å². The van der Waals surface area contributed by atoms with Gasteiger partial charge in [-0.15, -0.1) is 0 Å². The van der Waals surface area contributed by atoms with E-state index in [1.165, 1.54) is 16.7 Å². The first-order chi connectivity index (χ1) is 9.18. The number of benzene rings is 1. The van der Waals surface area contributed by atoms with Crippen molar-refractivity contribution >= 4 is 5.97 Å². The van der Waals surface area contributed by atoms with Gasteiger partial charge in [0, 0.05) is 12.3 Å². The molecule has 0 amide bonds. The van der Waals surface area contributed by atoms with E-state index in [0.717, 1.165) is 0 Å². The zero-order valence-corrected chi connectivity index (χ0v) is 10.2. The van der Waals surface area contributed by atoms with Crippen LogP contribution in [0.4, 0.5) is 0 Å². The third-order valence-corrected chi connectivity index (χ3v) is 2.61. The lowest BCUT2D eigenvalue weighted by Crippen LogP contribution is -2.21. The molecule has 1 aromatic heterocycles. The Morgan fingerprint density at radius 3 is 2.63 bits per heavy atom. The largest absolute Gasteiger partial charge is 0.491 e. The summed E-state index contributed by atoms with van der Waals surface area (Å²) in [5.74, 6) is -0.730. The van der Waals surface area contributed by atoms with E-state index in [2.05, 4.69) is 0 Å². The number of carboxylic acids is 1. The number of ether oxygens (including phenoxy) is 1. The van der Waals surface area contributed by atoms with Crippen LogP contribution in [0.25, 0.3) is 0 Å². The lowest BCUT2D eigenvalue weighted by Gasteiger charge is -2.09. The molecular weight excluding hydrogens is 246 g/mol. The number of para-hydroxylation sites is 1. The number of aromatic carboxylic acids is 1. The van der Waals surface area contributed by atoms with Gasteiger partial charge in [0.1, 0.15) is 17.9 Å². The van der Waals surface area contributed by atoms with Crippen LogP contribution in [0.1, 0.15) is 10.4 Å². The Bertz CT molecular complexity index is 633. The molecule has 0 atom stereocenters. The second-order valence-corrected chi connectivity index (χ2v) is 3.88. The quantitative estimate of drug-likeness (QED) is 0.886. The van der Waals surface area contributed by atoms with Crippen LogP contribution < -0.4 is 10.3 Å². The van der Waals surface area contributed by atoms with E-state index in [-0.39, 0.29) is 17.7 Å². The van der Waals surface area contributed by atoms with E-state index >= 15 is 0 Å². The van der Waals surface area contributed by atoms with Gasteiger partial charge in [0.15, 0.2) is 0 Å². The number of nitrogens with zero attached hydrogens (tertiary/aromatic N) is 1. The van der Waals surface area contributed by atoms with Crippen molar-refractivity contribution in [3.05, 3.63) is 64.6 Å². The number of carbonyl (C=O) groups is 1. The molecular formula is C14H13NO4. The number of hydrogen-bond acceptors (Lipinski definition) is 3. The molecule has 1 N–H and O–H groups in total. The highest BCUT2D eigenvalue weighted by Crippen LogP contribution is 2.17. The zero-order chi connectivity index (χ0) is 13.7. The van der Waals surface area contributed by atoms with Crippen molar-refractivity contribution in [2.75, 3.05) is 6.61 Å². The molecule has 0 aliphatic heterocycles. The van der Waals surface area contributed by atoms with Gasteiger partial charge in [0.05, 0.1) is 6.54 Å². The molecule has 0 fully saturated rings. The van der Waals surface area contributed by atoms with Gasteiger partial charge in [-0.1, -0.05) is 18.2 Å². The van der Waals surface area contributed by atoms with Gasteiger partial charge < -0.3 is 14.4 Å². The highest BCUT2D eigenvalue weighted by Gasteiger charge is 2.09. The van der Waals surface area contributed by atoms with Crippen molar-refractivity contribution in [1.29, 1.82) is 0 Å². The number of hydrogen-bond donors (Lipinski definition) is 1. The Hall–Kier alpha value is -2.56. The molecule has 0 spiro atoms. The molecule has 0 saturated heterocycles. The predicted octanol–water partition coefficient (Wildman–Crippen LogP) is 1.63. The van der Waals surface area contributed by atoms with Crippen LogP contribution in [-0.2, 0) is 6.54 Å². The van der Waals surface area contributed by atoms with E-state index in [1.807, 2.05) is 0 Å². The summed E-state index contributed by atoms with van der Waals surface area (Å²) in [5.41, 5.74) is 0.000489. The summed E-state index contributed by atoms with van der Waals surface area (Å²) in [6.45, 7) is 0.599. The smallest absolute Gasteiger partial charge is 0.339 e. The second-order valence-electron chi connectivity index (χ2n) is 3.88. The van der Waals surface area contributed by atoms with Crippen molar-refractivity contribution in [3.8, 4) is 5.75 Å². The monoisotopic (exact) mass is 259 g/mol. The first kappa shape index (κ1) is 12.9. The molecule has 0 aliphatic rings. The van der Waals surface area contributed by atoms with Gasteiger partial charge >= 0.3 is 5.97 Å². The van der Waals surface area contributed by atoms with Crippen molar-refractivity contribution in [2.24, 2.45) is 0 Å². The van der Waals surface area contributed by atoms with Crippen molar-refractivity contribution in [1.82, 2.24) is 4.57 Å². The molecule has 5 heteroatoms. The van der Waals surface area contributed by atoms with Gasteiger partial charge in [0.25, 0.3) is 5.56 Å². The Kier molecular flexibility index (Phi) is 3.97. The fourth-order valence-corrected chi connectivity index (χ4v) is 1.67. The Morgan fingerprint density at radius 1 is 1.16 bits per heavy atom. The topological polar surface area (TPSA) is 68.5 Å². The maximum absolute atomic E-state index is 11.5. The van der Waals surface area contributed by atoms with Gasteiger partial charge in [-0.05, 0) is 18.2 Å². The minimum absolute atomic E-state index is 0.113. The third-order valence-electron chi connectivity index (χ3n) is 2.61. The fraction of sp³-hybridized carbons (Fsp3) is 0.143. The molecule has 2 aromatic rings. The minimum Gasteiger partial charge on any atom is -0.491 e. The summed E-state index contributed by atoms with van der Waals surface area (Å²) >= 11 is 0. The van der Waals surface area contributed by atoms with Crippen LogP contribution in [-0.4, -0.2) is 22.2 Å². The van der Waals surface area contributed by atoms with Crippen LogP contribution in [0, 0.1) is 0 Å². The Balaban J connectivity index is 2.02. The summed E-state index contributed by atoms with van der Waals surface area (Å²) in [7, 11) is 0. The van der Waals surface area contributed by atoms with E-state index in [1.54, 1.807) is 36.5 Å². The molecule has 5 nitrogen and oxygen atoms in total. The lowest BCUT2D eigenvalue weighted by molar-refractivity contribution is 0.0692. The van der Waals surface area contributed by atoms with E-state index in [4.69, 9.17) is 9.84 Å². The maximum atomic E-state index is 11.5. The first-order valence-electron chi connectivity index (χ1n) is 5.79. The maximum Gasteiger partial charge on any atom is 0.339 e. The number of rotatable bonds is 5. The molecule has 1 aromatic carbocycles. The highest BCUT2D eigenvalue weighted by atomic mass is 16.5. The standard InChI is InChI=1S/C14H13NO4/c16-13-7-3-4-8-15(13)9-10-19-12-6-2-1-5-11(12)14(17)18/h1-8H,9-10H2,(H,17,18). The molecule has 0 radical (unpaired) electrons. The molecule has 0 unspecified atom stereocenters. The number of aromatic nitrogens is 1. The van der Waals surface area contributed by atoms with Gasteiger partial charge in [-0.2, -0.15) is 0 Å². The van der Waals surface area contributed by atoms with Crippen molar-refractivity contribution in [3.63, 3.8) is 0 Å². The predicted molar refractivity (Wildman–Crippen MR) is 69.6 cm³/mol. The van der Waals surface area contributed by atoms with E-state index in [9.17, 15) is 9.59 Å². The molecule has 1 heterocycles. The zero-order valence-electron chi connectivity index (χ0n) is 10.2. The van der Waals surface area contributed by atoms with E-state index < -0.39 is 5.97 Å². The summed E-state index contributed by atoms with van der Waals surface area (Å²) in [6, 6.07) is 11.3. The van der Waals surface area contributed by atoms with Gasteiger partial charge in [0.2, 0.25) is 0 Å². The third kappa shape index (κ3) is 3.22. The van der Waals surface area contributed by atoms with Crippen molar-refractivity contribution < 1.29 is 14.6 Å². The molecule has 2 rings (SSSR count). The molecule has 19 heavy (non-hydrogen) atoms. The Morgan fingerprint density at radius 2 is 1.89 bits per heavy atom. The SMILES string of the molecule is O=C(O)c1ccccc1OCCn1ccccc1=O. The first-order valence-corrected chi connectivity index (χ1v) is 5.79. The fourth-order valence-electron chi connectivity index (χ4n) is 1.67. The van der Waals surface area contributed by atoms with Gasteiger partial charge in [-0.3, -0.25) is 4.79 Å². The van der Waals surface area contributed by atoms with Crippen LogP contribution in [0.2, 0.25) is 0 Å². The summed E-state index contributed by atoms with van der Waals surface area (Å²) in [6.07, 6.45) is 1.66. The number of carboxylic acid groups (broad SMARTS) is 1. The molecule has 0 aliphatic carbocycles. The molecule has 0 bridgehead atoms. The van der Waals surface area contributed by atoms with Crippen molar-refractivity contribution in [2.45, 2.75) is 6.54 Å².